The predicted molar refractivity (Wildman–Crippen MR) is 68.5 cm³/mol. The van der Waals surface area contributed by atoms with Crippen LogP contribution in [0.1, 0.15) is 28.8 Å². The molecule has 0 radical (unpaired) electrons. The van der Waals surface area contributed by atoms with Gasteiger partial charge in [-0.15, -0.1) is 0 Å². The van der Waals surface area contributed by atoms with Gasteiger partial charge in [-0.2, -0.15) is 0 Å². The third-order valence-corrected chi connectivity index (χ3v) is 3.04. The molecule has 0 saturated carbocycles. The number of amides is 1. The van der Waals surface area contributed by atoms with Crippen LogP contribution in [-0.2, 0) is 16.1 Å². The highest BCUT2D eigenvalue weighted by Gasteiger charge is 2.16. The molecular weight excluding hydrogens is 230 g/mol. The first-order chi connectivity index (χ1) is 8.79. The fourth-order valence-electron chi connectivity index (χ4n) is 2.03. The zero-order valence-corrected chi connectivity index (χ0v) is 10.6. The molecule has 1 fully saturated rings. The van der Waals surface area contributed by atoms with Crippen LogP contribution in [0.15, 0.2) is 24.3 Å². The van der Waals surface area contributed by atoms with E-state index in [2.05, 4.69) is 5.32 Å². The second kappa shape index (κ2) is 6.52. The predicted octanol–water partition coefficient (Wildman–Crippen LogP) is 1.74. The van der Waals surface area contributed by atoms with Crippen LogP contribution in [0.3, 0.4) is 0 Å². The largest absolute Gasteiger partial charge is 0.380 e. The number of ether oxygens (including phenoxy) is 2. The van der Waals surface area contributed by atoms with E-state index in [0.717, 1.165) is 25.0 Å². The number of benzene rings is 1. The molecule has 2 rings (SSSR count). The topological polar surface area (TPSA) is 47.6 Å². The van der Waals surface area contributed by atoms with Crippen molar-refractivity contribution in [2.45, 2.75) is 25.6 Å². The average Bonchev–Trinajstić information content (AvgIpc) is 2.90. The lowest BCUT2D eigenvalue weighted by Gasteiger charge is -2.11. The molecule has 98 valence electrons. The summed E-state index contributed by atoms with van der Waals surface area (Å²) in [7, 11) is 1.65. The van der Waals surface area contributed by atoms with Crippen molar-refractivity contribution in [3.05, 3.63) is 35.4 Å². The van der Waals surface area contributed by atoms with Gasteiger partial charge < -0.3 is 14.8 Å². The maximum Gasteiger partial charge on any atom is 0.251 e. The van der Waals surface area contributed by atoms with E-state index in [1.807, 2.05) is 24.3 Å². The van der Waals surface area contributed by atoms with Crippen molar-refractivity contribution in [2.75, 3.05) is 20.3 Å². The number of rotatable bonds is 5. The third-order valence-electron chi connectivity index (χ3n) is 3.04. The molecule has 1 aliphatic rings. The van der Waals surface area contributed by atoms with E-state index in [0.29, 0.717) is 18.7 Å². The summed E-state index contributed by atoms with van der Waals surface area (Å²) >= 11 is 0. The van der Waals surface area contributed by atoms with Gasteiger partial charge in [0.15, 0.2) is 0 Å². The summed E-state index contributed by atoms with van der Waals surface area (Å²) in [5.74, 6) is -0.0468. The Morgan fingerprint density at radius 2 is 2.22 bits per heavy atom. The highest BCUT2D eigenvalue weighted by Crippen LogP contribution is 2.11. The molecule has 1 aromatic carbocycles. The van der Waals surface area contributed by atoms with Gasteiger partial charge in [0.05, 0.1) is 12.7 Å². The first kappa shape index (κ1) is 13.1. The zero-order chi connectivity index (χ0) is 12.8. The van der Waals surface area contributed by atoms with E-state index in [-0.39, 0.29) is 12.0 Å². The van der Waals surface area contributed by atoms with Crippen LogP contribution in [0, 0.1) is 0 Å². The molecule has 1 aromatic rings. The van der Waals surface area contributed by atoms with Gasteiger partial charge in [0.2, 0.25) is 0 Å². The molecular formula is C14H19NO3. The smallest absolute Gasteiger partial charge is 0.251 e. The van der Waals surface area contributed by atoms with Crippen molar-refractivity contribution in [3.63, 3.8) is 0 Å². The van der Waals surface area contributed by atoms with E-state index in [9.17, 15) is 4.79 Å². The van der Waals surface area contributed by atoms with Crippen LogP contribution in [0.25, 0.3) is 0 Å². The lowest BCUT2D eigenvalue weighted by Crippen LogP contribution is -2.31. The van der Waals surface area contributed by atoms with Crippen molar-refractivity contribution >= 4 is 5.91 Å². The van der Waals surface area contributed by atoms with Crippen molar-refractivity contribution in [2.24, 2.45) is 0 Å². The molecule has 1 aliphatic heterocycles. The molecule has 4 heteroatoms. The Morgan fingerprint density at radius 1 is 1.44 bits per heavy atom. The van der Waals surface area contributed by atoms with Crippen molar-refractivity contribution in [1.82, 2.24) is 5.32 Å². The molecule has 1 atom stereocenters. The van der Waals surface area contributed by atoms with Gasteiger partial charge in [-0.25, -0.2) is 0 Å². The molecule has 1 heterocycles. The Morgan fingerprint density at radius 3 is 2.83 bits per heavy atom. The number of methoxy groups -OCH3 is 1. The Kier molecular flexibility index (Phi) is 4.73. The normalized spacial score (nSPS) is 18.8. The SMILES string of the molecule is COCc1ccc(C(=O)NCC2CCCO2)cc1. The molecule has 18 heavy (non-hydrogen) atoms. The fourth-order valence-corrected chi connectivity index (χ4v) is 2.03. The van der Waals surface area contributed by atoms with Gasteiger partial charge in [0.25, 0.3) is 5.91 Å². The van der Waals surface area contributed by atoms with Crippen molar-refractivity contribution < 1.29 is 14.3 Å². The van der Waals surface area contributed by atoms with Crippen LogP contribution in [0.2, 0.25) is 0 Å². The number of carbonyl (C=O) groups excluding carboxylic acids is 1. The summed E-state index contributed by atoms with van der Waals surface area (Å²) in [5.41, 5.74) is 1.74. The van der Waals surface area contributed by atoms with Crippen LogP contribution < -0.4 is 5.32 Å². The van der Waals surface area contributed by atoms with Crippen LogP contribution in [0.5, 0.6) is 0 Å². The summed E-state index contributed by atoms with van der Waals surface area (Å²) in [6, 6.07) is 7.45. The minimum atomic E-state index is -0.0468. The molecule has 0 bridgehead atoms. The van der Waals surface area contributed by atoms with Crippen LogP contribution in [0.4, 0.5) is 0 Å². The maximum absolute atomic E-state index is 11.9. The second-order valence-electron chi connectivity index (χ2n) is 4.47. The number of carbonyl (C=O) groups is 1. The summed E-state index contributed by atoms with van der Waals surface area (Å²) in [6.07, 6.45) is 2.31. The number of hydrogen-bond acceptors (Lipinski definition) is 3. The van der Waals surface area contributed by atoms with Gasteiger partial charge in [-0.1, -0.05) is 12.1 Å². The van der Waals surface area contributed by atoms with Gasteiger partial charge in [0.1, 0.15) is 0 Å². The number of hydrogen-bond donors (Lipinski definition) is 1. The quantitative estimate of drug-likeness (QED) is 0.864. The Labute approximate surface area is 107 Å². The van der Waals surface area contributed by atoms with Gasteiger partial charge in [0, 0.05) is 25.8 Å². The summed E-state index contributed by atoms with van der Waals surface area (Å²) in [5, 5.41) is 2.90. The Balaban J connectivity index is 1.83. The van der Waals surface area contributed by atoms with Crippen LogP contribution >= 0.6 is 0 Å². The van der Waals surface area contributed by atoms with Crippen molar-refractivity contribution in [3.8, 4) is 0 Å². The van der Waals surface area contributed by atoms with Gasteiger partial charge >= 0.3 is 0 Å². The zero-order valence-electron chi connectivity index (χ0n) is 10.6. The first-order valence-electron chi connectivity index (χ1n) is 6.27. The highest BCUT2D eigenvalue weighted by atomic mass is 16.5. The monoisotopic (exact) mass is 249 g/mol. The van der Waals surface area contributed by atoms with E-state index in [1.165, 1.54) is 0 Å². The molecule has 0 aromatic heterocycles. The summed E-state index contributed by atoms with van der Waals surface area (Å²) < 4.78 is 10.5. The molecule has 0 spiro atoms. The molecule has 0 aliphatic carbocycles. The van der Waals surface area contributed by atoms with E-state index < -0.39 is 0 Å². The Hall–Kier alpha value is -1.39. The molecule has 4 nitrogen and oxygen atoms in total. The Bertz CT molecular complexity index is 383. The lowest BCUT2D eigenvalue weighted by molar-refractivity contribution is 0.0857. The van der Waals surface area contributed by atoms with E-state index >= 15 is 0 Å². The van der Waals surface area contributed by atoms with E-state index in [4.69, 9.17) is 9.47 Å². The van der Waals surface area contributed by atoms with Crippen molar-refractivity contribution in [1.29, 1.82) is 0 Å². The maximum atomic E-state index is 11.9. The highest BCUT2D eigenvalue weighted by molar-refractivity contribution is 5.94. The standard InChI is InChI=1S/C14H19NO3/c1-17-10-11-4-6-12(7-5-11)14(16)15-9-13-3-2-8-18-13/h4-7,13H,2-3,8-10H2,1H3,(H,15,16). The second-order valence-corrected chi connectivity index (χ2v) is 4.47. The fraction of sp³-hybridized carbons (Fsp3) is 0.500. The minimum Gasteiger partial charge on any atom is -0.380 e. The van der Waals surface area contributed by atoms with Gasteiger partial charge in [-0.3, -0.25) is 4.79 Å². The summed E-state index contributed by atoms with van der Waals surface area (Å²) in [4.78, 5) is 11.9. The number of nitrogens with one attached hydrogen (secondary N) is 1. The van der Waals surface area contributed by atoms with Crippen LogP contribution in [-0.4, -0.2) is 32.3 Å². The third kappa shape index (κ3) is 3.55. The van der Waals surface area contributed by atoms with Gasteiger partial charge in [-0.05, 0) is 30.5 Å². The minimum absolute atomic E-state index is 0.0468. The molecule has 1 saturated heterocycles. The molecule has 1 amide bonds. The first-order valence-corrected chi connectivity index (χ1v) is 6.27. The summed E-state index contributed by atoms with van der Waals surface area (Å²) in [6.45, 7) is 1.97. The lowest BCUT2D eigenvalue weighted by atomic mass is 10.1. The average molecular weight is 249 g/mol. The van der Waals surface area contributed by atoms with E-state index in [1.54, 1.807) is 7.11 Å². The molecule has 1 unspecified atom stereocenters. The molecule has 1 N–H and O–H groups in total.